The lowest BCUT2D eigenvalue weighted by atomic mass is 10.1. The molecule has 0 unspecified atom stereocenters. The van der Waals surface area contributed by atoms with Gasteiger partial charge in [-0.15, -0.1) is 11.3 Å². The summed E-state index contributed by atoms with van der Waals surface area (Å²) in [7, 11) is 8.10. The van der Waals surface area contributed by atoms with Crippen LogP contribution < -0.4 is 18.9 Å². The fraction of sp³-hybridized carbons (Fsp3) is 0.273. The van der Waals surface area contributed by atoms with Crippen molar-refractivity contribution in [2.24, 2.45) is 0 Å². The van der Waals surface area contributed by atoms with Crippen LogP contribution in [0, 0.1) is 0 Å². The summed E-state index contributed by atoms with van der Waals surface area (Å²) in [6.07, 6.45) is 0. The van der Waals surface area contributed by atoms with E-state index in [1.807, 2.05) is 30.3 Å². The number of carbonyl (C=O) groups is 1. The lowest BCUT2D eigenvalue weighted by molar-refractivity contribution is 0.0779. The van der Waals surface area contributed by atoms with Gasteiger partial charge in [0.15, 0.2) is 11.5 Å². The number of amides is 1. The van der Waals surface area contributed by atoms with E-state index in [0.29, 0.717) is 35.2 Å². The molecule has 8 heteroatoms. The van der Waals surface area contributed by atoms with Gasteiger partial charge in [0.25, 0.3) is 5.91 Å². The van der Waals surface area contributed by atoms with Crippen LogP contribution >= 0.6 is 11.3 Å². The van der Waals surface area contributed by atoms with Crippen LogP contribution in [-0.4, -0.2) is 51.3 Å². The third-order valence-corrected chi connectivity index (χ3v) is 5.49. The fourth-order valence-electron chi connectivity index (χ4n) is 2.98. The number of benzene rings is 2. The van der Waals surface area contributed by atoms with E-state index in [9.17, 15) is 4.79 Å². The molecule has 1 amide bonds. The third kappa shape index (κ3) is 4.49. The topological polar surface area (TPSA) is 70.1 Å². The Morgan fingerprint density at radius 2 is 1.67 bits per heavy atom. The Balaban J connectivity index is 1.78. The maximum Gasteiger partial charge on any atom is 0.273 e. The lowest BCUT2D eigenvalue weighted by Crippen LogP contribution is -2.26. The molecule has 1 aromatic heterocycles. The van der Waals surface area contributed by atoms with Gasteiger partial charge in [0.2, 0.25) is 0 Å². The maximum absolute atomic E-state index is 12.9. The summed E-state index contributed by atoms with van der Waals surface area (Å²) in [6, 6.07) is 11.1. The molecule has 158 valence electrons. The van der Waals surface area contributed by atoms with Gasteiger partial charge < -0.3 is 23.8 Å². The van der Waals surface area contributed by atoms with E-state index < -0.39 is 0 Å². The fourth-order valence-corrected chi connectivity index (χ4v) is 3.77. The smallest absolute Gasteiger partial charge is 0.273 e. The van der Waals surface area contributed by atoms with Gasteiger partial charge in [0.1, 0.15) is 22.2 Å². The van der Waals surface area contributed by atoms with Crippen molar-refractivity contribution < 1.29 is 23.7 Å². The van der Waals surface area contributed by atoms with Crippen molar-refractivity contribution in [1.82, 2.24) is 9.88 Å². The maximum atomic E-state index is 12.9. The zero-order valence-corrected chi connectivity index (χ0v) is 18.4. The first-order valence-corrected chi connectivity index (χ1v) is 10.0. The minimum Gasteiger partial charge on any atom is -0.497 e. The highest BCUT2D eigenvalue weighted by Crippen LogP contribution is 2.34. The van der Waals surface area contributed by atoms with Crippen LogP contribution in [0.2, 0.25) is 0 Å². The second kappa shape index (κ2) is 9.49. The summed E-state index contributed by atoms with van der Waals surface area (Å²) in [5.74, 6) is 2.45. The van der Waals surface area contributed by atoms with Gasteiger partial charge in [-0.2, -0.15) is 0 Å². The van der Waals surface area contributed by atoms with Crippen LogP contribution in [0.25, 0.3) is 10.6 Å². The molecule has 0 aliphatic heterocycles. The van der Waals surface area contributed by atoms with Crippen molar-refractivity contribution in [1.29, 1.82) is 0 Å². The second-order valence-corrected chi connectivity index (χ2v) is 7.30. The van der Waals surface area contributed by atoms with E-state index in [-0.39, 0.29) is 5.91 Å². The van der Waals surface area contributed by atoms with Gasteiger partial charge in [0, 0.05) is 36.2 Å². The van der Waals surface area contributed by atoms with Crippen molar-refractivity contribution in [2.75, 3.05) is 35.5 Å². The minimum absolute atomic E-state index is 0.171. The Morgan fingerprint density at radius 1 is 0.933 bits per heavy atom. The molecule has 3 rings (SSSR count). The molecule has 0 N–H and O–H groups in total. The van der Waals surface area contributed by atoms with Crippen LogP contribution in [0.1, 0.15) is 16.1 Å². The van der Waals surface area contributed by atoms with Crippen LogP contribution in [0.5, 0.6) is 23.0 Å². The summed E-state index contributed by atoms with van der Waals surface area (Å²) in [4.78, 5) is 19.0. The molecular weight excluding hydrogens is 404 g/mol. The van der Waals surface area contributed by atoms with E-state index in [0.717, 1.165) is 16.1 Å². The number of aromatic nitrogens is 1. The van der Waals surface area contributed by atoms with Crippen LogP contribution in [0.4, 0.5) is 0 Å². The van der Waals surface area contributed by atoms with Gasteiger partial charge >= 0.3 is 0 Å². The standard InChI is InChI=1S/C22H24N2O5S/c1-24(12-15-6-8-16(26-2)11-19(15)28-4)22(25)17-13-30-21(23-17)14-7-9-18(27-3)20(10-14)29-5/h6-11,13H,12H2,1-5H3. The van der Waals surface area contributed by atoms with Crippen molar-refractivity contribution in [3.8, 4) is 33.6 Å². The van der Waals surface area contributed by atoms with Crippen molar-refractivity contribution in [3.63, 3.8) is 0 Å². The largest absolute Gasteiger partial charge is 0.497 e. The summed E-state index contributed by atoms with van der Waals surface area (Å²) in [5.41, 5.74) is 2.13. The number of rotatable bonds is 8. The van der Waals surface area contributed by atoms with Gasteiger partial charge in [-0.05, 0) is 30.3 Å². The molecule has 3 aromatic rings. The number of hydrogen-bond acceptors (Lipinski definition) is 7. The molecule has 0 fully saturated rings. The van der Waals surface area contributed by atoms with Crippen LogP contribution in [-0.2, 0) is 6.54 Å². The molecule has 7 nitrogen and oxygen atoms in total. The summed E-state index contributed by atoms with van der Waals surface area (Å²) < 4.78 is 21.3. The molecule has 0 aliphatic carbocycles. The predicted octanol–water partition coefficient (Wildman–Crippen LogP) is 4.12. The van der Waals surface area contributed by atoms with Gasteiger partial charge in [-0.3, -0.25) is 4.79 Å². The molecule has 0 aliphatic rings. The highest BCUT2D eigenvalue weighted by molar-refractivity contribution is 7.13. The van der Waals surface area contributed by atoms with Crippen molar-refractivity contribution >= 4 is 17.2 Å². The zero-order chi connectivity index (χ0) is 21.7. The first kappa shape index (κ1) is 21.4. The number of thiazole rings is 1. The average Bonchev–Trinajstić information content (AvgIpc) is 3.28. The summed E-state index contributed by atoms with van der Waals surface area (Å²) in [5, 5.41) is 2.49. The van der Waals surface area contributed by atoms with Gasteiger partial charge in [-0.1, -0.05) is 0 Å². The Labute approximate surface area is 179 Å². The Bertz CT molecular complexity index is 1030. The zero-order valence-electron chi connectivity index (χ0n) is 17.6. The number of methoxy groups -OCH3 is 4. The van der Waals surface area contributed by atoms with Gasteiger partial charge in [-0.25, -0.2) is 4.98 Å². The van der Waals surface area contributed by atoms with E-state index in [1.165, 1.54) is 11.3 Å². The van der Waals surface area contributed by atoms with Crippen LogP contribution in [0.15, 0.2) is 41.8 Å². The SMILES string of the molecule is COc1ccc(CN(C)C(=O)c2csc(-c3ccc(OC)c(OC)c3)n2)c(OC)c1. The van der Waals surface area contributed by atoms with Gasteiger partial charge in [0.05, 0.1) is 28.4 Å². The van der Waals surface area contributed by atoms with Crippen LogP contribution in [0.3, 0.4) is 0 Å². The molecule has 0 saturated heterocycles. The van der Waals surface area contributed by atoms with Crippen molar-refractivity contribution in [3.05, 3.63) is 53.0 Å². The summed E-state index contributed by atoms with van der Waals surface area (Å²) >= 11 is 1.40. The Morgan fingerprint density at radius 3 is 2.33 bits per heavy atom. The number of hydrogen-bond donors (Lipinski definition) is 0. The summed E-state index contributed by atoms with van der Waals surface area (Å²) in [6.45, 7) is 0.384. The third-order valence-electron chi connectivity index (χ3n) is 4.60. The molecule has 0 saturated carbocycles. The highest BCUT2D eigenvalue weighted by Gasteiger charge is 2.18. The Hall–Kier alpha value is -3.26. The van der Waals surface area contributed by atoms with E-state index >= 15 is 0 Å². The molecule has 30 heavy (non-hydrogen) atoms. The van der Waals surface area contributed by atoms with Crippen molar-refractivity contribution in [2.45, 2.75) is 6.54 Å². The number of carbonyl (C=O) groups excluding carboxylic acids is 1. The molecular formula is C22H24N2O5S. The average molecular weight is 429 g/mol. The molecule has 0 radical (unpaired) electrons. The highest BCUT2D eigenvalue weighted by atomic mass is 32.1. The predicted molar refractivity (Wildman–Crippen MR) is 116 cm³/mol. The normalized spacial score (nSPS) is 10.4. The molecule has 0 atom stereocenters. The number of ether oxygens (including phenoxy) is 4. The minimum atomic E-state index is -0.171. The molecule has 2 aromatic carbocycles. The van der Waals surface area contributed by atoms with E-state index in [4.69, 9.17) is 18.9 Å². The number of nitrogens with zero attached hydrogens (tertiary/aromatic N) is 2. The molecule has 0 bridgehead atoms. The molecule has 0 spiro atoms. The van der Waals surface area contributed by atoms with E-state index in [1.54, 1.807) is 51.8 Å². The first-order chi connectivity index (χ1) is 14.5. The van der Waals surface area contributed by atoms with E-state index in [2.05, 4.69) is 4.98 Å². The monoisotopic (exact) mass is 428 g/mol. The lowest BCUT2D eigenvalue weighted by Gasteiger charge is -2.18. The molecule has 1 heterocycles. The Kier molecular flexibility index (Phi) is 6.79. The second-order valence-electron chi connectivity index (χ2n) is 6.45. The first-order valence-electron chi connectivity index (χ1n) is 9.15. The quantitative estimate of drug-likeness (QED) is 0.538.